The molecular weight excluding hydrogens is 205 g/mol. The Morgan fingerprint density at radius 3 is 2.56 bits per heavy atom. The normalized spacial score (nSPS) is 10.2. The largest absolute Gasteiger partial charge is 0.371 e. The zero-order chi connectivity index (χ0) is 12.1. The van der Waals surface area contributed by atoms with Gasteiger partial charge in [0.05, 0.1) is 0 Å². The number of rotatable bonds is 5. The van der Waals surface area contributed by atoms with Crippen LogP contribution in [0.1, 0.15) is 37.6 Å². The number of benzene rings is 1. The number of carbonyl (C=O) groups excluding carboxylic acids is 1. The van der Waals surface area contributed by atoms with Crippen molar-refractivity contribution in [2.75, 3.05) is 18.0 Å². The van der Waals surface area contributed by atoms with Crippen LogP contribution in [0.4, 0.5) is 10.1 Å². The fraction of sp³-hybridized carbons (Fsp3) is 0.462. The van der Waals surface area contributed by atoms with Gasteiger partial charge in [0.25, 0.3) is 0 Å². The van der Waals surface area contributed by atoms with Crippen molar-refractivity contribution in [3.05, 3.63) is 29.6 Å². The third-order valence-corrected chi connectivity index (χ3v) is 2.55. The van der Waals surface area contributed by atoms with Crippen LogP contribution < -0.4 is 4.90 Å². The lowest BCUT2D eigenvalue weighted by atomic mass is 10.1. The molecule has 2 nitrogen and oxygen atoms in total. The number of hydrogen-bond donors (Lipinski definition) is 0. The summed E-state index contributed by atoms with van der Waals surface area (Å²) in [4.78, 5) is 13.5. The van der Waals surface area contributed by atoms with Gasteiger partial charge in [-0.25, -0.2) is 4.39 Å². The Bertz CT molecular complexity index is 376. The molecule has 0 N–H and O–H groups in total. The van der Waals surface area contributed by atoms with Gasteiger partial charge >= 0.3 is 0 Å². The standard InChI is InChI=1S/C13H18FNO/c1-4-8-15(5-2)13-7-6-11(14)9-12(13)10(3)16/h6-7,9H,4-5,8H2,1-3H3. The van der Waals surface area contributed by atoms with Crippen LogP contribution >= 0.6 is 0 Å². The predicted molar refractivity (Wildman–Crippen MR) is 64.6 cm³/mol. The second-order valence-corrected chi connectivity index (χ2v) is 3.80. The summed E-state index contributed by atoms with van der Waals surface area (Å²) in [5, 5.41) is 0. The molecule has 88 valence electrons. The molecule has 0 unspecified atom stereocenters. The van der Waals surface area contributed by atoms with Gasteiger partial charge in [-0.1, -0.05) is 6.92 Å². The maximum atomic E-state index is 13.1. The minimum atomic E-state index is -0.360. The number of nitrogens with zero attached hydrogens (tertiary/aromatic N) is 1. The molecule has 16 heavy (non-hydrogen) atoms. The molecular formula is C13H18FNO. The van der Waals surface area contributed by atoms with E-state index in [1.165, 1.54) is 19.1 Å². The average Bonchev–Trinajstić information content (AvgIpc) is 2.26. The van der Waals surface area contributed by atoms with Crippen LogP contribution in [0, 0.1) is 5.82 Å². The van der Waals surface area contributed by atoms with Gasteiger partial charge in [-0.15, -0.1) is 0 Å². The van der Waals surface area contributed by atoms with Crippen LogP contribution in [0.15, 0.2) is 18.2 Å². The highest BCUT2D eigenvalue weighted by Gasteiger charge is 2.13. The van der Waals surface area contributed by atoms with Crippen LogP contribution in [0.3, 0.4) is 0 Å². The van der Waals surface area contributed by atoms with Crippen LogP contribution in [0.25, 0.3) is 0 Å². The average molecular weight is 223 g/mol. The van der Waals surface area contributed by atoms with Crippen LogP contribution in [0.2, 0.25) is 0 Å². The lowest BCUT2D eigenvalue weighted by Crippen LogP contribution is -2.25. The molecule has 0 aromatic heterocycles. The highest BCUT2D eigenvalue weighted by Crippen LogP contribution is 2.22. The first-order chi connectivity index (χ1) is 7.60. The number of Topliss-reactive ketones (excluding diaryl/α,β-unsaturated/α-hetero) is 1. The van der Waals surface area contributed by atoms with Crippen molar-refractivity contribution in [2.24, 2.45) is 0 Å². The summed E-state index contributed by atoms with van der Waals surface area (Å²) in [7, 11) is 0. The van der Waals surface area contributed by atoms with Crippen molar-refractivity contribution >= 4 is 11.5 Å². The highest BCUT2D eigenvalue weighted by atomic mass is 19.1. The Morgan fingerprint density at radius 2 is 2.06 bits per heavy atom. The fourth-order valence-electron chi connectivity index (χ4n) is 1.78. The molecule has 0 aliphatic heterocycles. The van der Waals surface area contributed by atoms with Gasteiger partial charge in [0.15, 0.2) is 5.78 Å². The Hall–Kier alpha value is -1.38. The molecule has 0 aliphatic carbocycles. The second-order valence-electron chi connectivity index (χ2n) is 3.80. The first-order valence-electron chi connectivity index (χ1n) is 5.65. The first-order valence-corrected chi connectivity index (χ1v) is 5.65. The molecule has 0 atom stereocenters. The molecule has 1 rings (SSSR count). The summed E-state index contributed by atoms with van der Waals surface area (Å²) in [6.07, 6.45) is 1.00. The van der Waals surface area contributed by atoms with Crippen molar-refractivity contribution < 1.29 is 9.18 Å². The van der Waals surface area contributed by atoms with E-state index in [1.807, 2.05) is 6.92 Å². The smallest absolute Gasteiger partial charge is 0.161 e. The van der Waals surface area contributed by atoms with Crippen molar-refractivity contribution in [3.63, 3.8) is 0 Å². The van der Waals surface area contributed by atoms with E-state index in [2.05, 4.69) is 11.8 Å². The zero-order valence-corrected chi connectivity index (χ0v) is 10.1. The Labute approximate surface area is 96.1 Å². The predicted octanol–water partition coefficient (Wildman–Crippen LogP) is 3.26. The summed E-state index contributed by atoms with van der Waals surface area (Å²) in [6, 6.07) is 4.40. The van der Waals surface area contributed by atoms with E-state index in [0.29, 0.717) is 5.56 Å². The Kier molecular flexibility index (Phi) is 4.47. The molecule has 0 amide bonds. The zero-order valence-electron chi connectivity index (χ0n) is 10.1. The van der Waals surface area contributed by atoms with E-state index in [1.54, 1.807) is 6.07 Å². The van der Waals surface area contributed by atoms with Crippen molar-refractivity contribution in [3.8, 4) is 0 Å². The lowest BCUT2D eigenvalue weighted by Gasteiger charge is -2.24. The monoisotopic (exact) mass is 223 g/mol. The molecule has 0 saturated heterocycles. The SMILES string of the molecule is CCCN(CC)c1ccc(F)cc1C(C)=O. The molecule has 0 aliphatic rings. The van der Waals surface area contributed by atoms with E-state index in [0.717, 1.165) is 25.2 Å². The van der Waals surface area contributed by atoms with Gasteiger partial charge < -0.3 is 4.90 Å². The van der Waals surface area contributed by atoms with Crippen molar-refractivity contribution in [1.82, 2.24) is 0 Å². The van der Waals surface area contributed by atoms with Gasteiger partial charge in [-0.3, -0.25) is 4.79 Å². The first kappa shape index (κ1) is 12.7. The van der Waals surface area contributed by atoms with Gasteiger partial charge in [-0.05, 0) is 38.5 Å². The number of ketones is 1. The quantitative estimate of drug-likeness (QED) is 0.714. The number of carbonyl (C=O) groups is 1. The summed E-state index contributed by atoms with van der Waals surface area (Å²) in [5.74, 6) is -0.453. The molecule has 0 spiro atoms. The minimum absolute atomic E-state index is 0.0935. The molecule has 1 aromatic carbocycles. The Balaban J connectivity index is 3.14. The summed E-state index contributed by atoms with van der Waals surface area (Å²) in [6.45, 7) is 7.28. The summed E-state index contributed by atoms with van der Waals surface area (Å²) in [5.41, 5.74) is 1.30. The summed E-state index contributed by atoms with van der Waals surface area (Å²) >= 11 is 0. The second kappa shape index (κ2) is 5.64. The van der Waals surface area contributed by atoms with Crippen LogP contribution in [-0.4, -0.2) is 18.9 Å². The molecule has 0 fully saturated rings. The van der Waals surface area contributed by atoms with Crippen molar-refractivity contribution in [2.45, 2.75) is 27.2 Å². The Morgan fingerprint density at radius 1 is 1.38 bits per heavy atom. The van der Waals surface area contributed by atoms with E-state index >= 15 is 0 Å². The lowest BCUT2D eigenvalue weighted by molar-refractivity contribution is 0.101. The molecule has 0 bridgehead atoms. The number of hydrogen-bond acceptors (Lipinski definition) is 2. The minimum Gasteiger partial charge on any atom is -0.371 e. The molecule has 0 saturated carbocycles. The highest BCUT2D eigenvalue weighted by molar-refractivity contribution is 5.99. The molecule has 0 radical (unpaired) electrons. The third kappa shape index (κ3) is 2.81. The third-order valence-electron chi connectivity index (χ3n) is 2.55. The topological polar surface area (TPSA) is 20.3 Å². The molecule has 1 aromatic rings. The van der Waals surface area contributed by atoms with Crippen molar-refractivity contribution in [1.29, 1.82) is 0 Å². The van der Waals surface area contributed by atoms with Gasteiger partial charge in [0.1, 0.15) is 5.82 Å². The van der Waals surface area contributed by atoms with Crippen LogP contribution in [0.5, 0.6) is 0 Å². The number of anilines is 1. The van der Waals surface area contributed by atoms with E-state index < -0.39 is 0 Å². The van der Waals surface area contributed by atoms with E-state index in [-0.39, 0.29) is 11.6 Å². The molecule has 0 heterocycles. The summed E-state index contributed by atoms with van der Waals surface area (Å²) < 4.78 is 13.1. The van der Waals surface area contributed by atoms with Gasteiger partial charge in [0, 0.05) is 24.3 Å². The van der Waals surface area contributed by atoms with E-state index in [9.17, 15) is 9.18 Å². The maximum absolute atomic E-state index is 13.1. The van der Waals surface area contributed by atoms with E-state index in [4.69, 9.17) is 0 Å². The molecule has 3 heteroatoms. The van der Waals surface area contributed by atoms with Gasteiger partial charge in [0.2, 0.25) is 0 Å². The number of halogens is 1. The van der Waals surface area contributed by atoms with Gasteiger partial charge in [-0.2, -0.15) is 0 Å². The van der Waals surface area contributed by atoms with Crippen LogP contribution in [-0.2, 0) is 0 Å². The fourth-order valence-corrected chi connectivity index (χ4v) is 1.78. The maximum Gasteiger partial charge on any atom is 0.161 e.